The molecule has 1 atom stereocenters. The van der Waals surface area contributed by atoms with Gasteiger partial charge in [0, 0.05) is 0 Å². The minimum absolute atomic E-state index is 0. The van der Waals surface area contributed by atoms with Crippen LogP contribution in [0.5, 0.6) is 0 Å². The van der Waals surface area contributed by atoms with Crippen LogP contribution in [-0.4, -0.2) is 27.4 Å². The van der Waals surface area contributed by atoms with E-state index in [1.54, 1.807) is 10.9 Å². The summed E-state index contributed by atoms with van der Waals surface area (Å²) in [4.78, 5) is 11.2. The van der Waals surface area contributed by atoms with E-state index in [9.17, 15) is 4.79 Å². The predicted octanol–water partition coefficient (Wildman–Crippen LogP) is 0.825. The summed E-state index contributed by atoms with van der Waals surface area (Å²) in [7, 11) is 0. The largest absolute Gasteiger partial charge is 0.347 e. The Morgan fingerprint density at radius 2 is 2.11 bits per heavy atom. The quantitative estimate of drug-likeness (QED) is 0.869. The van der Waals surface area contributed by atoms with Gasteiger partial charge in [-0.05, 0) is 19.1 Å². The molecule has 1 unspecified atom stereocenters. The monoisotopic (exact) mass is 281 g/mol. The summed E-state index contributed by atoms with van der Waals surface area (Å²) in [5.74, 6) is -0.211. The number of nitrogens with zero attached hydrogens (tertiary/aromatic N) is 3. The molecule has 1 aromatic carbocycles. The molecule has 102 valence electrons. The molecule has 2 rings (SSSR count). The van der Waals surface area contributed by atoms with Gasteiger partial charge in [-0.1, -0.05) is 23.4 Å². The fraction of sp³-hybridized carbons (Fsp3) is 0.250. The number of benzene rings is 1. The first-order valence-corrected chi connectivity index (χ1v) is 5.68. The zero-order chi connectivity index (χ0) is 13.0. The van der Waals surface area contributed by atoms with Gasteiger partial charge in [0.05, 0.1) is 24.5 Å². The smallest absolute Gasteiger partial charge is 0.234 e. The Labute approximate surface area is 117 Å². The second-order valence-electron chi connectivity index (χ2n) is 3.92. The molecule has 1 heterocycles. The number of para-hydroxylation sites is 1. The lowest BCUT2D eigenvalue weighted by molar-refractivity contribution is -0.120. The zero-order valence-electron chi connectivity index (χ0n) is 10.5. The highest BCUT2D eigenvalue weighted by atomic mass is 35.5. The molecule has 0 aliphatic carbocycles. The van der Waals surface area contributed by atoms with Crippen molar-refractivity contribution >= 4 is 18.3 Å². The Bertz CT molecular complexity index is 528. The number of halogens is 1. The standard InChI is InChI=1S/C12H15N5O.ClH/c1-9(14-12(18)7-13)11-8-17(16-15-11)10-5-3-2-4-6-10;/h2-6,8-9H,7,13H2,1H3,(H,14,18);1H. The number of aromatic nitrogens is 3. The van der Waals surface area contributed by atoms with Gasteiger partial charge >= 0.3 is 0 Å². The van der Waals surface area contributed by atoms with Gasteiger partial charge in [-0.25, -0.2) is 4.68 Å². The van der Waals surface area contributed by atoms with E-state index in [0.29, 0.717) is 5.69 Å². The van der Waals surface area contributed by atoms with E-state index < -0.39 is 0 Å². The van der Waals surface area contributed by atoms with Gasteiger partial charge in [-0.15, -0.1) is 17.5 Å². The Balaban J connectivity index is 0.00000180. The summed E-state index contributed by atoms with van der Waals surface area (Å²) in [6.45, 7) is 1.81. The minimum atomic E-state index is -0.211. The fourth-order valence-corrected chi connectivity index (χ4v) is 1.56. The number of nitrogens with two attached hydrogens (primary N) is 1. The van der Waals surface area contributed by atoms with Crippen molar-refractivity contribution in [2.24, 2.45) is 5.73 Å². The predicted molar refractivity (Wildman–Crippen MR) is 74.2 cm³/mol. The summed E-state index contributed by atoms with van der Waals surface area (Å²) in [6.07, 6.45) is 1.79. The van der Waals surface area contributed by atoms with Gasteiger partial charge in [-0.2, -0.15) is 0 Å². The second kappa shape index (κ2) is 6.86. The lowest BCUT2D eigenvalue weighted by Crippen LogP contribution is -2.32. The van der Waals surface area contributed by atoms with Crippen LogP contribution < -0.4 is 11.1 Å². The average Bonchev–Trinajstić information content (AvgIpc) is 2.89. The van der Waals surface area contributed by atoms with Crippen molar-refractivity contribution in [1.82, 2.24) is 20.3 Å². The first kappa shape index (κ1) is 15.1. The summed E-state index contributed by atoms with van der Waals surface area (Å²) in [5.41, 5.74) is 6.86. The van der Waals surface area contributed by atoms with E-state index in [0.717, 1.165) is 5.69 Å². The molecule has 2 aromatic rings. The molecule has 0 saturated carbocycles. The van der Waals surface area contributed by atoms with Crippen molar-refractivity contribution in [1.29, 1.82) is 0 Å². The summed E-state index contributed by atoms with van der Waals surface area (Å²) in [6, 6.07) is 9.44. The maximum atomic E-state index is 11.2. The van der Waals surface area contributed by atoms with Crippen LogP contribution >= 0.6 is 12.4 Å². The van der Waals surface area contributed by atoms with Crippen LogP contribution in [0.4, 0.5) is 0 Å². The SMILES string of the molecule is CC(NC(=O)CN)c1cn(-c2ccccc2)nn1.Cl. The van der Waals surface area contributed by atoms with Crippen molar-refractivity contribution in [2.45, 2.75) is 13.0 Å². The van der Waals surface area contributed by atoms with Crippen LogP contribution in [-0.2, 0) is 4.79 Å². The number of rotatable bonds is 4. The molecule has 0 fully saturated rings. The molecule has 0 bridgehead atoms. The topological polar surface area (TPSA) is 85.8 Å². The lowest BCUT2D eigenvalue weighted by Gasteiger charge is -2.09. The van der Waals surface area contributed by atoms with Crippen molar-refractivity contribution in [3.8, 4) is 5.69 Å². The van der Waals surface area contributed by atoms with Crippen LogP contribution in [0.3, 0.4) is 0 Å². The molecule has 0 spiro atoms. The number of carbonyl (C=O) groups excluding carboxylic acids is 1. The van der Waals surface area contributed by atoms with E-state index in [2.05, 4.69) is 15.6 Å². The Kier molecular flexibility index (Phi) is 5.47. The van der Waals surface area contributed by atoms with Crippen molar-refractivity contribution in [3.05, 3.63) is 42.2 Å². The summed E-state index contributed by atoms with van der Waals surface area (Å²) < 4.78 is 1.67. The van der Waals surface area contributed by atoms with Crippen molar-refractivity contribution < 1.29 is 4.79 Å². The minimum Gasteiger partial charge on any atom is -0.347 e. The van der Waals surface area contributed by atoms with E-state index in [4.69, 9.17) is 5.73 Å². The number of carbonyl (C=O) groups is 1. The van der Waals surface area contributed by atoms with E-state index in [-0.39, 0.29) is 30.9 Å². The van der Waals surface area contributed by atoms with Gasteiger partial charge in [0.1, 0.15) is 5.69 Å². The lowest BCUT2D eigenvalue weighted by atomic mass is 10.2. The van der Waals surface area contributed by atoms with Gasteiger partial charge in [0.25, 0.3) is 0 Å². The normalized spacial score (nSPS) is 11.5. The highest BCUT2D eigenvalue weighted by Gasteiger charge is 2.12. The van der Waals surface area contributed by atoms with Crippen molar-refractivity contribution in [3.63, 3.8) is 0 Å². The van der Waals surface area contributed by atoms with Crippen molar-refractivity contribution in [2.75, 3.05) is 6.54 Å². The number of hydrogen-bond donors (Lipinski definition) is 2. The van der Waals surface area contributed by atoms with E-state index in [1.165, 1.54) is 0 Å². The molecule has 19 heavy (non-hydrogen) atoms. The average molecular weight is 282 g/mol. The molecule has 7 heteroatoms. The van der Waals surface area contributed by atoms with Crippen LogP contribution in [0.1, 0.15) is 18.7 Å². The van der Waals surface area contributed by atoms with Crippen LogP contribution in [0, 0.1) is 0 Å². The third-order valence-corrected chi connectivity index (χ3v) is 2.54. The summed E-state index contributed by atoms with van der Waals surface area (Å²) in [5, 5.41) is 10.8. The van der Waals surface area contributed by atoms with Gasteiger partial charge in [0.2, 0.25) is 5.91 Å². The van der Waals surface area contributed by atoms with E-state index >= 15 is 0 Å². The fourth-order valence-electron chi connectivity index (χ4n) is 1.56. The zero-order valence-corrected chi connectivity index (χ0v) is 11.3. The number of nitrogens with one attached hydrogen (secondary N) is 1. The molecular formula is C12H16ClN5O. The van der Waals surface area contributed by atoms with Crippen LogP contribution in [0.15, 0.2) is 36.5 Å². The number of hydrogen-bond acceptors (Lipinski definition) is 4. The maximum Gasteiger partial charge on any atom is 0.234 e. The highest BCUT2D eigenvalue weighted by Crippen LogP contribution is 2.11. The molecule has 0 radical (unpaired) electrons. The Morgan fingerprint density at radius 3 is 2.74 bits per heavy atom. The first-order chi connectivity index (χ1) is 8.70. The van der Waals surface area contributed by atoms with E-state index in [1.807, 2.05) is 37.3 Å². The molecule has 0 saturated heterocycles. The summed E-state index contributed by atoms with van der Waals surface area (Å²) >= 11 is 0. The number of amides is 1. The van der Waals surface area contributed by atoms with Gasteiger partial charge in [0.15, 0.2) is 0 Å². The molecule has 1 aromatic heterocycles. The molecular weight excluding hydrogens is 266 g/mol. The molecule has 6 nitrogen and oxygen atoms in total. The second-order valence-corrected chi connectivity index (χ2v) is 3.92. The molecule has 3 N–H and O–H groups in total. The molecule has 0 aliphatic heterocycles. The van der Waals surface area contributed by atoms with Gasteiger partial charge in [-0.3, -0.25) is 4.79 Å². The Morgan fingerprint density at radius 1 is 1.42 bits per heavy atom. The third-order valence-electron chi connectivity index (χ3n) is 2.54. The van der Waals surface area contributed by atoms with Crippen LogP contribution in [0.2, 0.25) is 0 Å². The van der Waals surface area contributed by atoms with Gasteiger partial charge < -0.3 is 11.1 Å². The third kappa shape index (κ3) is 3.77. The highest BCUT2D eigenvalue weighted by molar-refractivity contribution is 5.85. The first-order valence-electron chi connectivity index (χ1n) is 5.68. The molecule has 0 aliphatic rings. The Hall–Kier alpha value is -1.92. The van der Waals surface area contributed by atoms with Crippen LogP contribution in [0.25, 0.3) is 5.69 Å². The molecule has 1 amide bonds. The maximum absolute atomic E-state index is 11.2.